The van der Waals surface area contributed by atoms with E-state index in [0.29, 0.717) is 0 Å². The molecule has 0 aliphatic heterocycles. The number of carbonyl (C=O) groups excluding carboxylic acids is 1. The van der Waals surface area contributed by atoms with E-state index in [4.69, 9.17) is 0 Å². The molecule has 0 aromatic heterocycles. The minimum atomic E-state index is 0.238. The Balaban J connectivity index is 3.44. The van der Waals surface area contributed by atoms with E-state index in [1.165, 1.54) is 37.7 Å². The molecule has 0 saturated carbocycles. The van der Waals surface area contributed by atoms with Crippen LogP contribution in [0.3, 0.4) is 0 Å². The normalized spacial score (nSPS) is 10.9. The molecule has 0 amide bonds. The molecule has 0 aromatic carbocycles. The lowest BCUT2D eigenvalue weighted by Gasteiger charge is -2.20. The second kappa shape index (κ2) is 9.53. The summed E-state index contributed by atoms with van der Waals surface area (Å²) in [6, 6.07) is 0. The highest BCUT2D eigenvalue weighted by Gasteiger charge is 2.02. The Morgan fingerprint density at radius 1 is 1.14 bits per heavy atom. The summed E-state index contributed by atoms with van der Waals surface area (Å²) in [6.07, 6.45) is 3.57. The topological polar surface area (TPSA) is 20.3 Å². The van der Waals surface area contributed by atoms with E-state index in [2.05, 4.69) is 18.7 Å². The SMILES string of the molecule is CCCN(CCC)CCCSC(C)=O. The number of carbonyl (C=O) groups is 1. The molecule has 14 heavy (non-hydrogen) atoms. The minimum absolute atomic E-state index is 0.238. The smallest absolute Gasteiger partial charge is 0.185 e. The van der Waals surface area contributed by atoms with Gasteiger partial charge in [0.05, 0.1) is 0 Å². The van der Waals surface area contributed by atoms with Gasteiger partial charge in [-0.05, 0) is 38.9 Å². The molecular weight excluding hydrogens is 194 g/mol. The lowest BCUT2D eigenvalue weighted by atomic mass is 10.3. The maximum absolute atomic E-state index is 10.7. The maximum Gasteiger partial charge on any atom is 0.185 e. The van der Waals surface area contributed by atoms with Gasteiger partial charge in [-0.25, -0.2) is 0 Å². The highest BCUT2D eigenvalue weighted by Crippen LogP contribution is 2.05. The van der Waals surface area contributed by atoms with E-state index in [-0.39, 0.29) is 5.12 Å². The lowest BCUT2D eigenvalue weighted by molar-refractivity contribution is -0.109. The first kappa shape index (κ1) is 14.0. The van der Waals surface area contributed by atoms with Gasteiger partial charge in [-0.2, -0.15) is 0 Å². The third kappa shape index (κ3) is 8.57. The largest absolute Gasteiger partial charge is 0.303 e. The Morgan fingerprint density at radius 2 is 1.71 bits per heavy atom. The van der Waals surface area contributed by atoms with Crippen molar-refractivity contribution < 1.29 is 4.79 Å². The van der Waals surface area contributed by atoms with E-state index in [1.807, 2.05) is 0 Å². The van der Waals surface area contributed by atoms with Crippen molar-refractivity contribution in [2.24, 2.45) is 0 Å². The van der Waals surface area contributed by atoms with Gasteiger partial charge in [-0.1, -0.05) is 25.6 Å². The third-order valence-electron chi connectivity index (χ3n) is 2.00. The molecule has 0 spiro atoms. The highest BCUT2D eigenvalue weighted by molar-refractivity contribution is 8.13. The number of thioether (sulfide) groups is 1. The van der Waals surface area contributed by atoms with Crippen LogP contribution in [0.25, 0.3) is 0 Å². The van der Waals surface area contributed by atoms with Crippen LogP contribution >= 0.6 is 11.8 Å². The Kier molecular flexibility index (Phi) is 9.52. The molecule has 0 aliphatic rings. The highest BCUT2D eigenvalue weighted by atomic mass is 32.2. The van der Waals surface area contributed by atoms with Crippen LogP contribution in [-0.4, -0.2) is 35.4 Å². The van der Waals surface area contributed by atoms with Gasteiger partial charge in [-0.3, -0.25) is 4.79 Å². The fraction of sp³-hybridized carbons (Fsp3) is 0.909. The Morgan fingerprint density at radius 3 is 2.14 bits per heavy atom. The average Bonchev–Trinajstić information content (AvgIpc) is 2.12. The summed E-state index contributed by atoms with van der Waals surface area (Å²) >= 11 is 1.44. The van der Waals surface area contributed by atoms with Crippen molar-refractivity contribution in [1.82, 2.24) is 4.90 Å². The van der Waals surface area contributed by atoms with Gasteiger partial charge in [0.15, 0.2) is 5.12 Å². The van der Waals surface area contributed by atoms with Crippen LogP contribution in [0.4, 0.5) is 0 Å². The molecule has 0 unspecified atom stereocenters. The van der Waals surface area contributed by atoms with E-state index < -0.39 is 0 Å². The first-order valence-electron chi connectivity index (χ1n) is 5.56. The summed E-state index contributed by atoms with van der Waals surface area (Å²) in [4.78, 5) is 13.2. The monoisotopic (exact) mass is 217 g/mol. The number of rotatable bonds is 8. The van der Waals surface area contributed by atoms with Crippen molar-refractivity contribution in [2.45, 2.75) is 40.0 Å². The maximum atomic E-state index is 10.7. The van der Waals surface area contributed by atoms with Crippen molar-refractivity contribution in [3.8, 4) is 0 Å². The molecule has 0 atom stereocenters. The predicted octanol–water partition coefficient (Wildman–Crippen LogP) is 2.78. The van der Waals surface area contributed by atoms with Crippen molar-refractivity contribution in [2.75, 3.05) is 25.4 Å². The van der Waals surface area contributed by atoms with E-state index in [1.54, 1.807) is 6.92 Å². The molecule has 2 nitrogen and oxygen atoms in total. The summed E-state index contributed by atoms with van der Waals surface area (Å²) < 4.78 is 0. The second-order valence-corrected chi connectivity index (χ2v) is 4.81. The van der Waals surface area contributed by atoms with Gasteiger partial charge in [-0.15, -0.1) is 0 Å². The Labute approximate surface area is 92.4 Å². The van der Waals surface area contributed by atoms with E-state index in [9.17, 15) is 4.79 Å². The Bertz CT molecular complexity index is 144. The zero-order valence-corrected chi connectivity index (χ0v) is 10.5. The van der Waals surface area contributed by atoms with Crippen LogP contribution in [0.2, 0.25) is 0 Å². The fourth-order valence-corrected chi connectivity index (χ4v) is 2.03. The van der Waals surface area contributed by atoms with Gasteiger partial charge in [0, 0.05) is 12.7 Å². The summed E-state index contributed by atoms with van der Waals surface area (Å²) in [5.41, 5.74) is 0. The molecule has 0 saturated heterocycles. The minimum Gasteiger partial charge on any atom is -0.303 e. The lowest BCUT2D eigenvalue weighted by Crippen LogP contribution is -2.26. The Hall–Kier alpha value is -0.0200. The van der Waals surface area contributed by atoms with Crippen LogP contribution < -0.4 is 0 Å². The molecule has 0 N–H and O–H groups in total. The molecule has 0 fully saturated rings. The molecule has 0 aliphatic carbocycles. The van der Waals surface area contributed by atoms with Gasteiger partial charge in [0.25, 0.3) is 0 Å². The zero-order valence-electron chi connectivity index (χ0n) is 9.71. The quantitative estimate of drug-likeness (QED) is 0.583. The number of nitrogens with zero attached hydrogens (tertiary/aromatic N) is 1. The van der Waals surface area contributed by atoms with Gasteiger partial charge < -0.3 is 4.90 Å². The fourth-order valence-electron chi connectivity index (χ4n) is 1.47. The third-order valence-corrected chi connectivity index (χ3v) is 2.90. The summed E-state index contributed by atoms with van der Waals surface area (Å²) in [6.45, 7) is 9.60. The number of hydrogen-bond acceptors (Lipinski definition) is 3. The standard InChI is InChI=1S/C11H23NOS/c1-4-7-12(8-5-2)9-6-10-14-11(3)13/h4-10H2,1-3H3. The summed E-state index contributed by atoms with van der Waals surface area (Å²) in [5, 5.41) is 0.238. The average molecular weight is 217 g/mol. The van der Waals surface area contributed by atoms with Crippen molar-refractivity contribution in [3.05, 3.63) is 0 Å². The molecule has 0 aromatic rings. The summed E-state index contributed by atoms with van der Waals surface area (Å²) in [7, 11) is 0. The van der Waals surface area contributed by atoms with Crippen LogP contribution in [0.5, 0.6) is 0 Å². The number of hydrogen-bond donors (Lipinski definition) is 0. The predicted molar refractivity (Wildman–Crippen MR) is 64.8 cm³/mol. The van der Waals surface area contributed by atoms with E-state index in [0.717, 1.165) is 18.7 Å². The van der Waals surface area contributed by atoms with Crippen molar-refractivity contribution >= 4 is 16.9 Å². The first-order chi connectivity index (χ1) is 6.70. The molecular formula is C11H23NOS. The van der Waals surface area contributed by atoms with Crippen LogP contribution in [0.1, 0.15) is 40.0 Å². The molecule has 0 bridgehead atoms. The van der Waals surface area contributed by atoms with Crippen molar-refractivity contribution in [1.29, 1.82) is 0 Å². The van der Waals surface area contributed by atoms with Crippen LogP contribution in [-0.2, 0) is 4.79 Å². The van der Waals surface area contributed by atoms with Gasteiger partial charge in [0.2, 0.25) is 0 Å². The molecule has 0 radical (unpaired) electrons. The van der Waals surface area contributed by atoms with Crippen LogP contribution in [0.15, 0.2) is 0 Å². The van der Waals surface area contributed by atoms with Crippen molar-refractivity contribution in [3.63, 3.8) is 0 Å². The first-order valence-corrected chi connectivity index (χ1v) is 6.55. The van der Waals surface area contributed by atoms with E-state index >= 15 is 0 Å². The molecule has 84 valence electrons. The summed E-state index contributed by atoms with van der Waals surface area (Å²) in [5.74, 6) is 0.971. The zero-order chi connectivity index (χ0) is 10.8. The molecule has 0 heterocycles. The van der Waals surface area contributed by atoms with Gasteiger partial charge in [0.1, 0.15) is 0 Å². The van der Waals surface area contributed by atoms with Crippen LogP contribution in [0, 0.1) is 0 Å². The molecule has 3 heteroatoms. The molecule has 0 rings (SSSR count). The second-order valence-electron chi connectivity index (χ2n) is 3.54. The van der Waals surface area contributed by atoms with Gasteiger partial charge >= 0.3 is 0 Å².